The molecule has 3 N–H and O–H groups in total. The van der Waals surface area contributed by atoms with Gasteiger partial charge in [-0.15, -0.1) is 0 Å². The van der Waals surface area contributed by atoms with Gasteiger partial charge in [0.05, 0.1) is 0 Å². The average molecular weight is 225 g/mol. The van der Waals surface area contributed by atoms with Crippen LogP contribution >= 0.6 is 0 Å². The molecule has 0 aliphatic carbocycles. The van der Waals surface area contributed by atoms with Gasteiger partial charge in [-0.25, -0.2) is 0 Å². The largest absolute Gasteiger partial charge is 0.354 e. The van der Waals surface area contributed by atoms with Crippen LogP contribution in [-0.4, -0.2) is 37.5 Å². The van der Waals surface area contributed by atoms with Crippen molar-refractivity contribution in [2.24, 2.45) is 5.92 Å². The third-order valence-electron chi connectivity index (χ3n) is 3.28. The van der Waals surface area contributed by atoms with E-state index in [0.717, 1.165) is 19.6 Å². The summed E-state index contributed by atoms with van der Waals surface area (Å²) >= 11 is 0. The van der Waals surface area contributed by atoms with Gasteiger partial charge in [0.2, 0.25) is 11.8 Å². The van der Waals surface area contributed by atoms with Gasteiger partial charge in [0.15, 0.2) is 0 Å². The molecule has 0 aromatic carbocycles. The molecule has 2 heterocycles. The highest BCUT2D eigenvalue weighted by atomic mass is 16.2. The summed E-state index contributed by atoms with van der Waals surface area (Å²) in [6.45, 7) is 2.79. The molecule has 5 nitrogen and oxygen atoms in total. The summed E-state index contributed by atoms with van der Waals surface area (Å²) in [5, 5.41) is 8.91. The Morgan fingerprint density at radius 3 is 2.94 bits per heavy atom. The predicted molar refractivity (Wildman–Crippen MR) is 59.8 cm³/mol. The van der Waals surface area contributed by atoms with Gasteiger partial charge in [-0.2, -0.15) is 0 Å². The number of carbonyl (C=O) groups excluding carboxylic acids is 2. The second kappa shape index (κ2) is 5.30. The number of rotatable bonds is 3. The summed E-state index contributed by atoms with van der Waals surface area (Å²) in [6, 6.07) is -0.302. The van der Waals surface area contributed by atoms with Crippen LogP contribution in [0.15, 0.2) is 0 Å². The van der Waals surface area contributed by atoms with Crippen LogP contribution in [0.4, 0.5) is 0 Å². The Hall–Kier alpha value is -1.10. The third-order valence-corrected chi connectivity index (χ3v) is 3.28. The van der Waals surface area contributed by atoms with Crippen molar-refractivity contribution in [3.8, 4) is 0 Å². The van der Waals surface area contributed by atoms with Crippen molar-refractivity contribution in [3.05, 3.63) is 0 Å². The van der Waals surface area contributed by atoms with Crippen molar-refractivity contribution >= 4 is 11.8 Å². The maximum atomic E-state index is 11.7. The topological polar surface area (TPSA) is 70.2 Å². The highest BCUT2D eigenvalue weighted by Crippen LogP contribution is 2.10. The van der Waals surface area contributed by atoms with Crippen molar-refractivity contribution in [2.75, 3.05) is 19.6 Å². The number of piperidine rings is 1. The van der Waals surface area contributed by atoms with Crippen LogP contribution in [0.5, 0.6) is 0 Å². The lowest BCUT2D eigenvalue weighted by molar-refractivity contribution is -0.125. The molecule has 16 heavy (non-hydrogen) atoms. The molecule has 5 heteroatoms. The molecule has 2 fully saturated rings. The normalized spacial score (nSPS) is 29.9. The molecule has 0 aromatic heterocycles. The van der Waals surface area contributed by atoms with Crippen LogP contribution in [0.3, 0.4) is 0 Å². The molecule has 0 bridgehead atoms. The summed E-state index contributed by atoms with van der Waals surface area (Å²) < 4.78 is 0. The Kier molecular flexibility index (Phi) is 3.77. The molecule has 2 amide bonds. The Balaban J connectivity index is 1.68. The average Bonchev–Trinajstić information content (AvgIpc) is 2.74. The molecule has 0 aromatic rings. The summed E-state index contributed by atoms with van der Waals surface area (Å²) in [4.78, 5) is 22.7. The first-order valence-corrected chi connectivity index (χ1v) is 6.03. The lowest BCUT2D eigenvalue weighted by atomic mass is 9.99. The van der Waals surface area contributed by atoms with Gasteiger partial charge < -0.3 is 16.0 Å². The lowest BCUT2D eigenvalue weighted by Gasteiger charge is -2.23. The summed E-state index contributed by atoms with van der Waals surface area (Å²) in [5.74, 6) is 0.491. The van der Waals surface area contributed by atoms with Gasteiger partial charge in [-0.3, -0.25) is 9.59 Å². The third kappa shape index (κ3) is 2.95. The number of amides is 2. The van der Waals surface area contributed by atoms with Crippen LogP contribution in [0.2, 0.25) is 0 Å². The van der Waals surface area contributed by atoms with Gasteiger partial charge >= 0.3 is 0 Å². The monoisotopic (exact) mass is 225 g/mol. The molecule has 90 valence electrons. The van der Waals surface area contributed by atoms with Gasteiger partial charge in [-0.05, 0) is 38.3 Å². The van der Waals surface area contributed by atoms with Gasteiger partial charge in [0, 0.05) is 13.0 Å². The first kappa shape index (κ1) is 11.4. The van der Waals surface area contributed by atoms with Crippen molar-refractivity contribution in [2.45, 2.75) is 31.7 Å². The minimum absolute atomic E-state index is 0.0144. The van der Waals surface area contributed by atoms with Crippen LogP contribution in [0, 0.1) is 5.92 Å². The zero-order chi connectivity index (χ0) is 11.4. The van der Waals surface area contributed by atoms with Gasteiger partial charge in [0.25, 0.3) is 0 Å². The Morgan fingerprint density at radius 2 is 2.31 bits per heavy atom. The lowest BCUT2D eigenvalue weighted by Crippen LogP contribution is -2.45. The zero-order valence-electron chi connectivity index (χ0n) is 9.42. The minimum Gasteiger partial charge on any atom is -0.354 e. The fourth-order valence-corrected chi connectivity index (χ4v) is 2.28. The van der Waals surface area contributed by atoms with E-state index in [1.165, 1.54) is 12.8 Å². The standard InChI is InChI=1S/C11H19N3O2/c15-10-4-3-9(14-10)11(16)13-7-8-2-1-5-12-6-8/h8-9,12H,1-7H2,(H,13,16)(H,14,15)/t8?,9-/m0/s1. The molecule has 0 saturated carbocycles. The van der Waals surface area contributed by atoms with Crippen LogP contribution in [0.1, 0.15) is 25.7 Å². The van der Waals surface area contributed by atoms with Gasteiger partial charge in [0.1, 0.15) is 6.04 Å². The molecule has 2 rings (SSSR count). The molecule has 2 saturated heterocycles. The molecular weight excluding hydrogens is 206 g/mol. The molecule has 0 radical (unpaired) electrons. The van der Waals surface area contributed by atoms with E-state index in [9.17, 15) is 9.59 Å². The summed E-state index contributed by atoms with van der Waals surface area (Å²) in [7, 11) is 0. The summed E-state index contributed by atoms with van der Waals surface area (Å²) in [6.07, 6.45) is 3.46. The Labute approximate surface area is 95.3 Å². The fourth-order valence-electron chi connectivity index (χ4n) is 2.28. The summed E-state index contributed by atoms with van der Waals surface area (Å²) in [5.41, 5.74) is 0. The quantitative estimate of drug-likeness (QED) is 0.599. The van der Waals surface area contributed by atoms with E-state index >= 15 is 0 Å². The Bertz CT molecular complexity index is 274. The maximum Gasteiger partial charge on any atom is 0.242 e. The first-order chi connectivity index (χ1) is 7.75. The van der Waals surface area contributed by atoms with Crippen molar-refractivity contribution in [3.63, 3.8) is 0 Å². The van der Waals surface area contributed by atoms with Crippen molar-refractivity contribution in [1.29, 1.82) is 0 Å². The molecule has 2 aliphatic rings. The number of hydrogen-bond acceptors (Lipinski definition) is 3. The van der Waals surface area contributed by atoms with E-state index in [1.807, 2.05) is 0 Å². The predicted octanol–water partition coefficient (Wildman–Crippen LogP) is -0.619. The molecule has 1 unspecified atom stereocenters. The number of carbonyl (C=O) groups is 2. The van der Waals surface area contributed by atoms with Crippen LogP contribution in [-0.2, 0) is 9.59 Å². The van der Waals surface area contributed by atoms with Crippen molar-refractivity contribution in [1.82, 2.24) is 16.0 Å². The number of nitrogens with one attached hydrogen (secondary N) is 3. The van der Waals surface area contributed by atoms with E-state index in [4.69, 9.17) is 0 Å². The molecule has 2 aliphatic heterocycles. The molecule has 2 atom stereocenters. The van der Waals surface area contributed by atoms with E-state index < -0.39 is 0 Å². The second-order valence-electron chi connectivity index (χ2n) is 4.62. The number of hydrogen-bond donors (Lipinski definition) is 3. The van der Waals surface area contributed by atoms with E-state index in [0.29, 0.717) is 18.8 Å². The first-order valence-electron chi connectivity index (χ1n) is 6.03. The Morgan fingerprint density at radius 1 is 1.44 bits per heavy atom. The smallest absolute Gasteiger partial charge is 0.242 e. The minimum atomic E-state index is -0.302. The van der Waals surface area contributed by atoms with Gasteiger partial charge in [-0.1, -0.05) is 0 Å². The molecular formula is C11H19N3O2. The SMILES string of the molecule is O=C1CC[C@@H](C(=O)NCC2CCCNC2)N1. The van der Waals surface area contributed by atoms with Crippen molar-refractivity contribution < 1.29 is 9.59 Å². The van der Waals surface area contributed by atoms with E-state index in [-0.39, 0.29) is 17.9 Å². The van der Waals surface area contributed by atoms with E-state index in [1.54, 1.807) is 0 Å². The maximum absolute atomic E-state index is 11.7. The highest BCUT2D eigenvalue weighted by molar-refractivity contribution is 5.90. The van der Waals surface area contributed by atoms with Crippen LogP contribution in [0.25, 0.3) is 0 Å². The highest BCUT2D eigenvalue weighted by Gasteiger charge is 2.27. The second-order valence-corrected chi connectivity index (χ2v) is 4.62. The van der Waals surface area contributed by atoms with Crippen LogP contribution < -0.4 is 16.0 Å². The molecule has 0 spiro atoms. The zero-order valence-corrected chi connectivity index (χ0v) is 9.42. The fraction of sp³-hybridized carbons (Fsp3) is 0.818. The van der Waals surface area contributed by atoms with E-state index in [2.05, 4.69) is 16.0 Å².